The van der Waals surface area contributed by atoms with Gasteiger partial charge in [-0.1, -0.05) is 24.3 Å². The number of piperidine rings is 1. The molecule has 33 heavy (non-hydrogen) atoms. The molecule has 2 aliphatic rings. The number of aromatic amines is 1. The molecule has 8 heteroatoms. The lowest BCUT2D eigenvalue weighted by Crippen LogP contribution is -2.38. The minimum absolute atomic E-state index is 0.0805. The van der Waals surface area contributed by atoms with Crippen LogP contribution in [0.1, 0.15) is 47.5 Å². The molecule has 1 atom stereocenters. The molecule has 2 aliphatic heterocycles. The first kappa shape index (κ1) is 22.1. The van der Waals surface area contributed by atoms with Crippen molar-refractivity contribution in [3.63, 3.8) is 0 Å². The average Bonchev–Trinajstić information content (AvgIpc) is 3.53. The number of H-pyrrole nitrogens is 1. The number of fused-ring (bicyclic) bond motifs is 1. The molecule has 2 fully saturated rings. The number of hydrogen-bond acceptors (Lipinski definition) is 4. The third kappa shape index (κ3) is 4.69. The minimum atomic E-state index is -3.70. The van der Waals surface area contributed by atoms with Crippen molar-refractivity contribution in [2.24, 2.45) is 0 Å². The van der Waals surface area contributed by atoms with Crippen LogP contribution in [0.15, 0.2) is 59.6 Å². The number of benzene rings is 2. The highest BCUT2D eigenvalue weighted by Gasteiger charge is 2.27. The van der Waals surface area contributed by atoms with Gasteiger partial charge >= 0.3 is 0 Å². The number of ether oxygens (including phenoxy) is 1. The Morgan fingerprint density at radius 3 is 2.70 bits per heavy atom. The molecule has 1 amide bonds. The summed E-state index contributed by atoms with van der Waals surface area (Å²) in [5, 5.41) is 1.25. The fourth-order valence-electron chi connectivity index (χ4n) is 4.90. The van der Waals surface area contributed by atoms with Gasteiger partial charge in [-0.25, -0.2) is 13.1 Å². The van der Waals surface area contributed by atoms with Crippen LogP contribution in [0.5, 0.6) is 0 Å². The number of nitrogens with zero attached hydrogens (tertiary/aromatic N) is 1. The molecule has 1 aromatic heterocycles. The Bertz CT molecular complexity index is 1240. The Morgan fingerprint density at radius 1 is 1.09 bits per heavy atom. The molecule has 0 bridgehead atoms. The molecular formula is C25H29N3O4S. The van der Waals surface area contributed by atoms with Gasteiger partial charge in [-0.2, -0.15) is 0 Å². The fraction of sp³-hybridized carbons (Fsp3) is 0.400. The molecular weight excluding hydrogens is 438 g/mol. The van der Waals surface area contributed by atoms with E-state index in [0.29, 0.717) is 31.2 Å². The van der Waals surface area contributed by atoms with E-state index in [1.54, 1.807) is 12.1 Å². The van der Waals surface area contributed by atoms with Gasteiger partial charge in [0.15, 0.2) is 0 Å². The summed E-state index contributed by atoms with van der Waals surface area (Å²) in [5.41, 5.74) is 2.85. The van der Waals surface area contributed by atoms with Crippen LogP contribution in [0.4, 0.5) is 0 Å². The van der Waals surface area contributed by atoms with Crippen LogP contribution in [0.25, 0.3) is 10.9 Å². The first-order chi connectivity index (χ1) is 16.0. The molecule has 0 spiro atoms. The largest absolute Gasteiger partial charge is 0.377 e. The van der Waals surface area contributed by atoms with Crippen molar-refractivity contribution in [1.82, 2.24) is 14.6 Å². The van der Waals surface area contributed by atoms with Crippen molar-refractivity contribution < 1.29 is 17.9 Å². The molecule has 2 N–H and O–H groups in total. The molecule has 1 unspecified atom stereocenters. The summed E-state index contributed by atoms with van der Waals surface area (Å²) in [7, 11) is -3.70. The highest BCUT2D eigenvalue weighted by Crippen LogP contribution is 2.33. The van der Waals surface area contributed by atoms with Crippen molar-refractivity contribution in [1.29, 1.82) is 0 Å². The summed E-state index contributed by atoms with van der Waals surface area (Å²) in [5.74, 6) is 0.280. The van der Waals surface area contributed by atoms with Crippen LogP contribution in [-0.2, 0) is 14.8 Å². The lowest BCUT2D eigenvalue weighted by atomic mass is 9.89. The van der Waals surface area contributed by atoms with E-state index in [9.17, 15) is 13.2 Å². The normalized spacial score (nSPS) is 19.9. The second-order valence-corrected chi connectivity index (χ2v) is 10.6. The number of likely N-dealkylation sites (tertiary alicyclic amines) is 1. The maximum absolute atomic E-state index is 13.1. The van der Waals surface area contributed by atoms with E-state index in [1.807, 2.05) is 11.0 Å². The van der Waals surface area contributed by atoms with Crippen molar-refractivity contribution >= 4 is 26.8 Å². The summed E-state index contributed by atoms with van der Waals surface area (Å²) in [6.07, 6.45) is 5.58. The van der Waals surface area contributed by atoms with Crippen LogP contribution in [0, 0.1) is 0 Å². The minimum Gasteiger partial charge on any atom is -0.377 e. The molecule has 0 saturated carbocycles. The molecule has 2 saturated heterocycles. The number of carbonyl (C=O) groups excluding carboxylic acids is 1. The van der Waals surface area contributed by atoms with Crippen LogP contribution in [0.2, 0.25) is 0 Å². The Kier molecular flexibility index (Phi) is 6.23. The van der Waals surface area contributed by atoms with Crippen molar-refractivity contribution in [3.8, 4) is 0 Å². The first-order valence-corrected chi connectivity index (χ1v) is 13.1. The quantitative estimate of drug-likeness (QED) is 0.579. The molecule has 7 nitrogen and oxygen atoms in total. The van der Waals surface area contributed by atoms with Crippen molar-refractivity contribution in [2.45, 2.75) is 42.6 Å². The highest BCUT2D eigenvalue weighted by molar-refractivity contribution is 7.89. The Labute approximate surface area is 194 Å². The van der Waals surface area contributed by atoms with Gasteiger partial charge in [0.1, 0.15) is 0 Å². The smallest absolute Gasteiger partial charge is 0.253 e. The molecule has 2 aromatic carbocycles. The van der Waals surface area contributed by atoms with E-state index >= 15 is 0 Å². The van der Waals surface area contributed by atoms with Crippen LogP contribution in [-0.4, -0.2) is 56.6 Å². The van der Waals surface area contributed by atoms with Gasteiger partial charge in [-0.05, 0) is 61.4 Å². The van der Waals surface area contributed by atoms with Gasteiger partial charge in [0.2, 0.25) is 10.0 Å². The number of rotatable bonds is 6. The molecule has 0 aliphatic carbocycles. The summed E-state index contributed by atoms with van der Waals surface area (Å²) in [6.45, 7) is 2.23. The lowest BCUT2D eigenvalue weighted by Gasteiger charge is -2.32. The Hall–Kier alpha value is -2.68. The standard InChI is InChI=1S/C25H29N3O4S/c29-25(19-5-3-7-21(15-19)33(30,31)27-16-20-6-4-14-32-20)28-12-10-18(11-13-28)23-17-26-24-9-2-1-8-22(23)24/h1-3,5,7-9,15,17-18,20,26-27H,4,6,10-14,16H2. The van der Waals surface area contributed by atoms with Crippen LogP contribution < -0.4 is 4.72 Å². The highest BCUT2D eigenvalue weighted by atomic mass is 32.2. The van der Waals surface area contributed by atoms with Crippen molar-refractivity contribution in [3.05, 3.63) is 65.9 Å². The SMILES string of the molecule is O=C(c1cccc(S(=O)(=O)NCC2CCCO2)c1)N1CCC(c2c[nH]c3ccccc23)CC1. The maximum Gasteiger partial charge on any atom is 0.253 e. The van der Waals surface area contributed by atoms with Gasteiger partial charge in [0.05, 0.1) is 11.0 Å². The molecule has 0 radical (unpaired) electrons. The van der Waals surface area contributed by atoms with Gasteiger partial charge in [-0.3, -0.25) is 4.79 Å². The summed E-state index contributed by atoms with van der Waals surface area (Å²) in [6, 6.07) is 14.6. The van der Waals surface area contributed by atoms with Gasteiger partial charge in [-0.15, -0.1) is 0 Å². The van der Waals surface area contributed by atoms with Crippen LogP contribution in [0.3, 0.4) is 0 Å². The van der Waals surface area contributed by atoms with E-state index in [1.165, 1.54) is 23.1 Å². The van der Waals surface area contributed by atoms with Gasteiger partial charge in [0.25, 0.3) is 5.91 Å². The summed E-state index contributed by atoms with van der Waals surface area (Å²) >= 11 is 0. The van der Waals surface area contributed by atoms with Gasteiger partial charge in [0, 0.05) is 48.9 Å². The number of sulfonamides is 1. The second-order valence-electron chi connectivity index (χ2n) is 8.87. The fourth-order valence-corrected chi connectivity index (χ4v) is 6.01. The summed E-state index contributed by atoms with van der Waals surface area (Å²) < 4.78 is 33.6. The van der Waals surface area contributed by atoms with E-state index in [2.05, 4.69) is 34.1 Å². The van der Waals surface area contributed by atoms with E-state index in [0.717, 1.165) is 31.2 Å². The number of hydrogen-bond donors (Lipinski definition) is 2. The number of nitrogens with one attached hydrogen (secondary N) is 2. The Balaban J connectivity index is 1.24. The number of para-hydroxylation sites is 1. The lowest BCUT2D eigenvalue weighted by molar-refractivity contribution is 0.0713. The molecule has 3 aromatic rings. The van der Waals surface area contributed by atoms with E-state index in [4.69, 9.17) is 4.74 Å². The zero-order chi connectivity index (χ0) is 22.8. The number of aromatic nitrogens is 1. The molecule has 3 heterocycles. The van der Waals surface area contributed by atoms with Crippen molar-refractivity contribution in [2.75, 3.05) is 26.2 Å². The summed E-state index contributed by atoms with van der Waals surface area (Å²) in [4.78, 5) is 18.4. The van der Waals surface area contributed by atoms with Gasteiger partial charge < -0.3 is 14.6 Å². The first-order valence-electron chi connectivity index (χ1n) is 11.6. The number of amides is 1. The Morgan fingerprint density at radius 2 is 1.91 bits per heavy atom. The zero-order valence-electron chi connectivity index (χ0n) is 18.5. The molecule has 5 rings (SSSR count). The maximum atomic E-state index is 13.1. The predicted octanol–water partition coefficient (Wildman–Crippen LogP) is 3.65. The monoisotopic (exact) mass is 467 g/mol. The van der Waals surface area contributed by atoms with Crippen LogP contribution >= 0.6 is 0 Å². The zero-order valence-corrected chi connectivity index (χ0v) is 19.3. The third-order valence-corrected chi connectivity index (χ3v) is 8.18. The topological polar surface area (TPSA) is 91.5 Å². The number of carbonyl (C=O) groups is 1. The predicted molar refractivity (Wildman–Crippen MR) is 127 cm³/mol. The van der Waals surface area contributed by atoms with E-state index < -0.39 is 10.0 Å². The van der Waals surface area contributed by atoms with E-state index in [-0.39, 0.29) is 23.5 Å². The third-order valence-electron chi connectivity index (χ3n) is 6.76. The average molecular weight is 468 g/mol. The molecule has 174 valence electrons. The second kappa shape index (κ2) is 9.29.